The first-order chi connectivity index (χ1) is 21.5. The van der Waals surface area contributed by atoms with Gasteiger partial charge in [0.2, 0.25) is 0 Å². The SMILES string of the molecule is CC(C)[Si](c1ccc(-c2sc([Si](C(C)C)(C(C)C)C(C)C)cc2C2(O)c3cc(Br)ccc3-c3ccc(Br)cc32)s1)(C(C)C)C(C)C. The van der Waals surface area contributed by atoms with Gasteiger partial charge in [0.1, 0.15) is 21.7 Å². The largest absolute Gasteiger partial charge is 0.376 e. The molecule has 0 bridgehead atoms. The number of hydrogen-bond donors (Lipinski definition) is 1. The molecule has 0 amide bonds. The van der Waals surface area contributed by atoms with Crippen LogP contribution >= 0.6 is 54.5 Å². The monoisotopic (exact) mass is 814 g/mol. The van der Waals surface area contributed by atoms with Gasteiger partial charge in [0.15, 0.2) is 0 Å². The van der Waals surface area contributed by atoms with Crippen LogP contribution in [-0.4, -0.2) is 21.3 Å². The number of benzene rings is 2. The summed E-state index contributed by atoms with van der Waals surface area (Å²) in [6.45, 7) is 29.4. The van der Waals surface area contributed by atoms with Crippen LogP contribution in [0.25, 0.3) is 20.9 Å². The van der Waals surface area contributed by atoms with Crippen molar-refractivity contribution < 1.29 is 5.11 Å². The van der Waals surface area contributed by atoms with Gasteiger partial charge in [-0.25, -0.2) is 0 Å². The molecule has 0 unspecified atom stereocenters. The van der Waals surface area contributed by atoms with Crippen LogP contribution in [0.5, 0.6) is 0 Å². The Bertz CT molecular complexity index is 1630. The number of rotatable bonds is 10. The van der Waals surface area contributed by atoms with E-state index in [-0.39, 0.29) is 0 Å². The van der Waals surface area contributed by atoms with Gasteiger partial charge in [0, 0.05) is 30.5 Å². The second-order valence-corrected chi connectivity index (χ2v) is 31.8. The van der Waals surface area contributed by atoms with Crippen molar-refractivity contribution in [2.24, 2.45) is 0 Å². The third-order valence-electron chi connectivity index (χ3n) is 11.6. The fourth-order valence-electron chi connectivity index (χ4n) is 9.99. The number of hydrogen-bond acceptors (Lipinski definition) is 3. The summed E-state index contributed by atoms with van der Waals surface area (Å²) < 4.78 is 5.11. The van der Waals surface area contributed by atoms with Gasteiger partial charge in [-0.3, -0.25) is 0 Å². The van der Waals surface area contributed by atoms with Crippen molar-refractivity contribution in [1.82, 2.24) is 0 Å². The predicted molar refractivity (Wildman–Crippen MR) is 218 cm³/mol. The van der Waals surface area contributed by atoms with E-state index < -0.39 is 21.7 Å². The molecule has 4 aromatic rings. The first-order valence-corrected chi connectivity index (χ1v) is 24.7. The summed E-state index contributed by atoms with van der Waals surface area (Å²) in [7, 11) is -3.86. The highest BCUT2D eigenvalue weighted by atomic mass is 79.9. The molecule has 0 fully saturated rings. The van der Waals surface area contributed by atoms with E-state index in [1.807, 2.05) is 22.7 Å². The van der Waals surface area contributed by atoms with Gasteiger partial charge in [0.25, 0.3) is 0 Å². The minimum atomic E-state index is -2.02. The Morgan fingerprint density at radius 1 is 0.522 bits per heavy atom. The van der Waals surface area contributed by atoms with E-state index in [0.717, 1.165) is 36.8 Å². The van der Waals surface area contributed by atoms with Crippen LogP contribution in [0.15, 0.2) is 63.5 Å². The van der Waals surface area contributed by atoms with Gasteiger partial charge in [-0.05, 0) is 89.8 Å². The minimum Gasteiger partial charge on any atom is -0.376 e. The fraction of sp³-hybridized carbons (Fsp3) is 0.487. The van der Waals surface area contributed by atoms with Gasteiger partial charge in [-0.15, -0.1) is 22.7 Å². The van der Waals surface area contributed by atoms with E-state index in [1.54, 1.807) is 4.50 Å². The lowest BCUT2D eigenvalue weighted by Gasteiger charge is -2.42. The van der Waals surface area contributed by atoms with E-state index in [4.69, 9.17) is 0 Å². The van der Waals surface area contributed by atoms with Gasteiger partial charge in [-0.2, -0.15) is 0 Å². The average Bonchev–Trinajstić information content (AvgIpc) is 3.65. The molecule has 0 atom stereocenters. The first-order valence-electron chi connectivity index (χ1n) is 17.0. The summed E-state index contributed by atoms with van der Waals surface area (Å²) in [6.07, 6.45) is 0. The smallest absolute Gasteiger partial charge is 0.143 e. The molecule has 46 heavy (non-hydrogen) atoms. The van der Waals surface area contributed by atoms with Crippen molar-refractivity contribution in [2.45, 2.75) is 122 Å². The Balaban J connectivity index is 1.89. The van der Waals surface area contributed by atoms with Crippen molar-refractivity contribution in [3.8, 4) is 20.9 Å². The maximum absolute atomic E-state index is 13.5. The van der Waals surface area contributed by atoms with E-state index in [1.165, 1.54) is 14.3 Å². The fourth-order valence-corrected chi connectivity index (χ4v) is 31.0. The van der Waals surface area contributed by atoms with Crippen molar-refractivity contribution in [1.29, 1.82) is 0 Å². The van der Waals surface area contributed by atoms with E-state index in [0.29, 0.717) is 33.2 Å². The Kier molecular flexibility index (Phi) is 10.4. The lowest BCUT2D eigenvalue weighted by atomic mass is 9.84. The number of aliphatic hydroxyl groups is 1. The van der Waals surface area contributed by atoms with Gasteiger partial charge < -0.3 is 5.11 Å². The zero-order valence-corrected chi connectivity index (χ0v) is 36.5. The lowest BCUT2D eigenvalue weighted by Crippen LogP contribution is -2.54. The third kappa shape index (κ3) is 5.32. The lowest BCUT2D eigenvalue weighted by molar-refractivity contribution is 0.131. The molecule has 1 N–H and O–H groups in total. The Morgan fingerprint density at radius 2 is 0.935 bits per heavy atom. The van der Waals surface area contributed by atoms with Crippen LogP contribution in [0.3, 0.4) is 0 Å². The molecule has 2 heterocycles. The molecular weight excluding hydrogens is 765 g/mol. The summed E-state index contributed by atoms with van der Waals surface area (Å²) >= 11 is 11.6. The van der Waals surface area contributed by atoms with Crippen LogP contribution in [0.2, 0.25) is 33.2 Å². The normalized spacial score (nSPS) is 14.9. The molecule has 1 aliphatic carbocycles. The highest BCUT2D eigenvalue weighted by molar-refractivity contribution is 9.10. The molecule has 7 heteroatoms. The third-order valence-corrected chi connectivity index (χ3v) is 30.8. The van der Waals surface area contributed by atoms with Crippen LogP contribution in [0.4, 0.5) is 0 Å². The molecule has 5 rings (SSSR count). The summed E-state index contributed by atoms with van der Waals surface area (Å²) in [6, 6.07) is 20.2. The molecule has 0 saturated heterocycles. The summed E-state index contributed by atoms with van der Waals surface area (Å²) in [5.74, 6) is 0. The van der Waals surface area contributed by atoms with Gasteiger partial charge in [-0.1, -0.05) is 133 Å². The van der Waals surface area contributed by atoms with Crippen LogP contribution in [-0.2, 0) is 5.60 Å². The van der Waals surface area contributed by atoms with Crippen LogP contribution in [0.1, 0.15) is 99.8 Å². The second kappa shape index (κ2) is 13.1. The summed E-state index contributed by atoms with van der Waals surface area (Å²) in [5, 5.41) is 13.5. The van der Waals surface area contributed by atoms with Crippen molar-refractivity contribution in [2.75, 3.05) is 0 Å². The number of thiophene rings is 2. The average molecular weight is 817 g/mol. The zero-order valence-electron chi connectivity index (χ0n) is 29.7. The maximum Gasteiger partial charge on any atom is 0.143 e. The molecule has 0 radical (unpaired) electrons. The molecule has 0 spiro atoms. The molecule has 2 aromatic heterocycles. The first kappa shape index (κ1) is 36.5. The Morgan fingerprint density at radius 3 is 1.35 bits per heavy atom. The topological polar surface area (TPSA) is 20.2 Å². The van der Waals surface area contributed by atoms with E-state index in [9.17, 15) is 5.11 Å². The molecule has 248 valence electrons. The predicted octanol–water partition coefficient (Wildman–Crippen LogP) is 13.0. The quantitative estimate of drug-likeness (QED) is 0.158. The molecule has 1 nitrogen and oxygen atoms in total. The van der Waals surface area contributed by atoms with Gasteiger partial charge >= 0.3 is 0 Å². The Labute approximate surface area is 305 Å². The highest BCUT2D eigenvalue weighted by Crippen LogP contribution is 2.56. The standard InChI is InChI=1S/C39H52Br2OS2Si2/c1-22(2)45(23(3)4,24(5)6)36-18-17-35(43-36)38-34(21-37(44-38)46(25(7)8,26(9)10)27(11)12)39(42)32-19-28(40)13-15-30(32)31-16-14-29(41)20-33(31)39/h13-27,42H,1-12H3. The number of halogens is 2. The molecule has 1 aliphatic rings. The van der Waals surface area contributed by atoms with Crippen molar-refractivity contribution in [3.63, 3.8) is 0 Å². The van der Waals surface area contributed by atoms with Crippen molar-refractivity contribution in [3.05, 3.63) is 80.2 Å². The minimum absolute atomic E-state index is 0.578. The number of fused-ring (bicyclic) bond motifs is 3. The Hall–Kier alpha value is -0.806. The van der Waals surface area contributed by atoms with Gasteiger partial charge in [0.05, 0.1) is 4.88 Å². The molecule has 0 saturated carbocycles. The molecule has 2 aromatic carbocycles. The zero-order chi connectivity index (χ0) is 34.1. The molecule has 0 aliphatic heterocycles. The highest BCUT2D eigenvalue weighted by Gasteiger charge is 2.51. The second-order valence-electron chi connectivity index (χ2n) is 15.4. The van der Waals surface area contributed by atoms with Crippen molar-refractivity contribution >= 4 is 79.7 Å². The van der Waals surface area contributed by atoms with Crippen LogP contribution < -0.4 is 9.00 Å². The summed E-state index contributed by atoms with van der Waals surface area (Å²) in [5.41, 5.74) is 7.64. The van der Waals surface area contributed by atoms with Crippen LogP contribution in [0, 0.1) is 0 Å². The van der Waals surface area contributed by atoms with E-state index in [2.05, 4.69) is 170 Å². The summed E-state index contributed by atoms with van der Waals surface area (Å²) in [4.78, 5) is 2.57. The maximum atomic E-state index is 13.5. The van der Waals surface area contributed by atoms with E-state index >= 15 is 0 Å². The molecular formula is C39H52Br2OS2Si2.